The van der Waals surface area contributed by atoms with Crippen LogP contribution in [0.2, 0.25) is 0 Å². The van der Waals surface area contributed by atoms with Crippen molar-refractivity contribution >= 4 is 11.5 Å². The third kappa shape index (κ3) is 1.95. The molecule has 0 atom stereocenters. The van der Waals surface area contributed by atoms with E-state index in [2.05, 4.69) is 31.8 Å². The third-order valence-corrected chi connectivity index (χ3v) is 3.22. The summed E-state index contributed by atoms with van der Waals surface area (Å²) < 4.78 is 0. The number of hydrogen-bond donors (Lipinski definition) is 2. The lowest BCUT2D eigenvalue weighted by atomic mass is 10.1. The molecule has 2 fully saturated rings. The van der Waals surface area contributed by atoms with Gasteiger partial charge in [0.25, 0.3) is 0 Å². The van der Waals surface area contributed by atoms with Crippen LogP contribution < -0.4 is 15.5 Å². The van der Waals surface area contributed by atoms with Crippen molar-refractivity contribution in [2.45, 2.75) is 24.9 Å². The van der Waals surface area contributed by atoms with E-state index in [4.69, 9.17) is 0 Å². The fourth-order valence-electron chi connectivity index (χ4n) is 1.91. The van der Waals surface area contributed by atoms with Crippen LogP contribution in [0, 0.1) is 0 Å². The Balaban J connectivity index is 1.65. The molecule has 0 spiro atoms. The van der Waals surface area contributed by atoms with Crippen molar-refractivity contribution in [3.05, 3.63) is 12.3 Å². The predicted molar refractivity (Wildman–Crippen MR) is 63.7 cm³/mol. The first kappa shape index (κ1) is 9.84. The minimum Gasteiger partial charge on any atom is -0.367 e. The molecule has 5 nitrogen and oxygen atoms in total. The fraction of sp³-hybridized carbons (Fsp3) is 0.636. The highest BCUT2D eigenvalue weighted by Crippen LogP contribution is 2.26. The van der Waals surface area contributed by atoms with Gasteiger partial charge in [0.15, 0.2) is 5.82 Å². The smallest absolute Gasteiger partial charge is 0.150 e. The van der Waals surface area contributed by atoms with Gasteiger partial charge in [-0.25, -0.2) is 0 Å². The topological polar surface area (TPSA) is 53.1 Å². The summed E-state index contributed by atoms with van der Waals surface area (Å²) in [4.78, 5) is 2.31. The molecule has 1 aromatic heterocycles. The molecule has 0 amide bonds. The van der Waals surface area contributed by atoms with Crippen molar-refractivity contribution in [1.29, 1.82) is 0 Å². The fourth-order valence-corrected chi connectivity index (χ4v) is 1.91. The zero-order valence-electron chi connectivity index (χ0n) is 9.48. The van der Waals surface area contributed by atoms with Crippen molar-refractivity contribution < 1.29 is 0 Å². The average molecular weight is 219 g/mol. The minimum absolute atomic E-state index is 0.619. The average Bonchev–Trinajstić information content (AvgIpc) is 3.01. The molecular formula is C11H17N5. The highest BCUT2D eigenvalue weighted by atomic mass is 15.3. The molecule has 1 aliphatic carbocycles. The summed E-state index contributed by atoms with van der Waals surface area (Å²) in [6.07, 6.45) is 4.36. The van der Waals surface area contributed by atoms with Gasteiger partial charge in [-0.1, -0.05) is 0 Å². The molecule has 2 N–H and O–H groups in total. The first-order valence-electron chi connectivity index (χ1n) is 5.86. The van der Waals surface area contributed by atoms with Crippen LogP contribution in [0.1, 0.15) is 12.8 Å². The number of hydrogen-bond acceptors (Lipinski definition) is 5. The monoisotopic (exact) mass is 219 g/mol. The second-order valence-electron chi connectivity index (χ2n) is 4.61. The molecule has 1 aromatic rings. The van der Waals surface area contributed by atoms with Crippen molar-refractivity contribution in [1.82, 2.24) is 15.5 Å². The van der Waals surface area contributed by atoms with Gasteiger partial charge in [-0.15, -0.1) is 5.10 Å². The van der Waals surface area contributed by atoms with Gasteiger partial charge in [0.2, 0.25) is 0 Å². The van der Waals surface area contributed by atoms with Crippen molar-refractivity contribution in [3.63, 3.8) is 0 Å². The SMILES string of the molecule is CNC1CN(c2cnnc(NC3CC3)c2)C1. The second-order valence-corrected chi connectivity index (χ2v) is 4.61. The molecule has 0 radical (unpaired) electrons. The Hall–Kier alpha value is -1.36. The van der Waals surface area contributed by atoms with E-state index in [1.54, 1.807) is 0 Å². The van der Waals surface area contributed by atoms with Gasteiger partial charge in [0, 0.05) is 31.2 Å². The molecule has 2 heterocycles. The lowest BCUT2D eigenvalue weighted by Gasteiger charge is -2.40. The van der Waals surface area contributed by atoms with Crippen molar-refractivity contribution in [3.8, 4) is 0 Å². The van der Waals surface area contributed by atoms with Crippen molar-refractivity contribution in [2.24, 2.45) is 0 Å². The first-order chi connectivity index (χ1) is 7.85. The van der Waals surface area contributed by atoms with Crippen LogP contribution in [0.5, 0.6) is 0 Å². The maximum Gasteiger partial charge on any atom is 0.150 e. The largest absolute Gasteiger partial charge is 0.367 e. The highest BCUT2D eigenvalue weighted by molar-refractivity contribution is 5.54. The Bertz CT molecular complexity index is 370. The predicted octanol–water partition coefficient (Wildman–Crippen LogP) is 0.459. The van der Waals surface area contributed by atoms with E-state index in [1.165, 1.54) is 18.5 Å². The molecule has 1 saturated heterocycles. The quantitative estimate of drug-likeness (QED) is 0.770. The van der Waals surface area contributed by atoms with Crippen LogP contribution in [0.25, 0.3) is 0 Å². The van der Waals surface area contributed by atoms with Crippen LogP contribution in [0.3, 0.4) is 0 Å². The van der Waals surface area contributed by atoms with Crippen molar-refractivity contribution in [2.75, 3.05) is 30.4 Å². The Labute approximate surface area is 95.2 Å². The summed E-state index contributed by atoms with van der Waals surface area (Å²) in [6, 6.07) is 3.34. The van der Waals surface area contributed by atoms with Crippen LogP contribution in [0.15, 0.2) is 12.3 Å². The van der Waals surface area contributed by atoms with Gasteiger partial charge in [0.05, 0.1) is 11.9 Å². The number of aromatic nitrogens is 2. The molecule has 5 heteroatoms. The number of anilines is 2. The maximum absolute atomic E-state index is 4.10. The van der Waals surface area contributed by atoms with E-state index in [-0.39, 0.29) is 0 Å². The molecule has 2 aliphatic rings. The van der Waals surface area contributed by atoms with E-state index in [1.807, 2.05) is 13.2 Å². The maximum atomic E-state index is 4.10. The lowest BCUT2D eigenvalue weighted by molar-refractivity contribution is 0.450. The molecule has 0 aromatic carbocycles. The van der Waals surface area contributed by atoms with Gasteiger partial charge < -0.3 is 15.5 Å². The molecule has 1 aliphatic heterocycles. The summed E-state index contributed by atoms with van der Waals surface area (Å²) >= 11 is 0. The van der Waals surface area contributed by atoms with Gasteiger partial charge in [-0.2, -0.15) is 5.10 Å². The summed E-state index contributed by atoms with van der Waals surface area (Å²) in [5, 5.41) is 14.8. The molecule has 16 heavy (non-hydrogen) atoms. The molecule has 86 valence electrons. The zero-order valence-corrected chi connectivity index (χ0v) is 9.48. The summed E-state index contributed by atoms with van der Waals surface area (Å²) in [5.41, 5.74) is 1.17. The summed E-state index contributed by atoms with van der Waals surface area (Å²) in [6.45, 7) is 2.12. The van der Waals surface area contributed by atoms with E-state index in [9.17, 15) is 0 Å². The highest BCUT2D eigenvalue weighted by Gasteiger charge is 2.26. The van der Waals surface area contributed by atoms with Crippen LogP contribution in [-0.4, -0.2) is 42.4 Å². The summed E-state index contributed by atoms with van der Waals surface area (Å²) in [5.74, 6) is 0.910. The Morgan fingerprint density at radius 2 is 2.12 bits per heavy atom. The van der Waals surface area contributed by atoms with Crippen LogP contribution in [0.4, 0.5) is 11.5 Å². The van der Waals surface area contributed by atoms with E-state index < -0.39 is 0 Å². The van der Waals surface area contributed by atoms with Gasteiger partial charge in [-0.05, 0) is 19.9 Å². The Morgan fingerprint density at radius 3 is 2.81 bits per heavy atom. The van der Waals surface area contributed by atoms with Gasteiger partial charge in [-0.3, -0.25) is 0 Å². The minimum atomic E-state index is 0.619. The van der Waals surface area contributed by atoms with E-state index in [0.29, 0.717) is 12.1 Å². The number of likely N-dealkylation sites (N-methyl/N-ethyl adjacent to an activating group) is 1. The second kappa shape index (κ2) is 3.90. The van der Waals surface area contributed by atoms with E-state index >= 15 is 0 Å². The molecule has 0 unspecified atom stereocenters. The van der Waals surface area contributed by atoms with E-state index in [0.717, 1.165) is 18.9 Å². The molecule has 0 bridgehead atoms. The summed E-state index contributed by atoms with van der Waals surface area (Å²) in [7, 11) is 2.01. The standard InChI is InChI=1S/C11H17N5/c1-12-9-6-16(7-9)10-4-11(15-13-5-10)14-8-2-3-8/h4-5,8-9,12H,2-3,6-7H2,1H3,(H,14,15). The molecular weight excluding hydrogens is 202 g/mol. The normalized spacial score (nSPS) is 20.7. The third-order valence-electron chi connectivity index (χ3n) is 3.22. The van der Waals surface area contributed by atoms with Gasteiger partial charge in [0.1, 0.15) is 0 Å². The lowest BCUT2D eigenvalue weighted by Crippen LogP contribution is -2.57. The Kier molecular flexibility index (Phi) is 2.40. The zero-order chi connectivity index (χ0) is 11.0. The first-order valence-corrected chi connectivity index (χ1v) is 5.86. The molecule has 1 saturated carbocycles. The molecule has 3 rings (SSSR count). The van der Waals surface area contributed by atoms with Crippen LogP contribution >= 0.6 is 0 Å². The number of rotatable bonds is 4. The van der Waals surface area contributed by atoms with Crippen LogP contribution in [-0.2, 0) is 0 Å². The van der Waals surface area contributed by atoms with Gasteiger partial charge >= 0.3 is 0 Å². The number of nitrogens with zero attached hydrogens (tertiary/aromatic N) is 3. The number of nitrogens with one attached hydrogen (secondary N) is 2. The Morgan fingerprint density at radius 1 is 1.31 bits per heavy atom.